The maximum absolute atomic E-state index is 12.0. The summed E-state index contributed by atoms with van der Waals surface area (Å²) in [7, 11) is -8.58. The van der Waals surface area contributed by atoms with Crippen molar-refractivity contribution in [2.45, 2.75) is 11.8 Å². The van der Waals surface area contributed by atoms with Crippen LogP contribution < -0.4 is 0 Å². The molecule has 0 heterocycles. The predicted molar refractivity (Wildman–Crippen MR) is 27.2 cm³/mol. The van der Waals surface area contributed by atoms with Gasteiger partial charge in [0.15, 0.2) is 0 Å². The van der Waals surface area contributed by atoms with Crippen LogP contribution in [0.2, 0.25) is 0 Å². The van der Waals surface area contributed by atoms with Crippen LogP contribution in [0.15, 0.2) is 0 Å². The van der Waals surface area contributed by atoms with Gasteiger partial charge in [0.05, 0.1) is 0 Å². The minimum atomic E-state index is -8.58. The van der Waals surface area contributed by atoms with E-state index in [2.05, 4.69) is 0 Å². The van der Waals surface area contributed by atoms with E-state index in [1.807, 2.05) is 0 Å². The third kappa shape index (κ3) is 1.36. The third-order valence-electron chi connectivity index (χ3n) is 1.14. The molecule has 0 N–H and O–H groups in total. The zero-order valence-electron chi connectivity index (χ0n) is 5.47. The molecule has 0 aromatic heterocycles. The van der Waals surface area contributed by atoms with Gasteiger partial charge in [-0.25, -0.2) is 0 Å². The van der Waals surface area contributed by atoms with Gasteiger partial charge < -0.3 is 0 Å². The maximum atomic E-state index is 12.0. The van der Waals surface area contributed by atoms with E-state index in [0.717, 1.165) is 0 Å². The van der Waals surface area contributed by atoms with Crippen LogP contribution in [0.3, 0.4) is 0 Å². The van der Waals surface area contributed by atoms with Crippen molar-refractivity contribution in [2.24, 2.45) is 0 Å². The zero-order chi connectivity index (χ0) is 10.4. The van der Waals surface area contributed by atoms with Crippen molar-refractivity contribution in [3.63, 3.8) is 0 Å². The molecule has 0 nitrogen and oxygen atoms in total. The van der Waals surface area contributed by atoms with E-state index in [4.69, 9.17) is 0 Å². The molecule has 76 valence electrons. The van der Waals surface area contributed by atoms with Crippen molar-refractivity contribution in [3.8, 4) is 0 Å². The van der Waals surface area contributed by atoms with Gasteiger partial charge in [-0.15, -0.1) is 0 Å². The first-order valence-corrected chi connectivity index (χ1v) is 4.83. The summed E-state index contributed by atoms with van der Waals surface area (Å²) >= 11 is 0. The van der Waals surface area contributed by atoms with Crippen molar-refractivity contribution in [3.05, 3.63) is 0 Å². The Kier molecular flexibility index (Phi) is 2.19. The quantitative estimate of drug-likeness (QED) is 0.429. The van der Waals surface area contributed by atoms with Crippen LogP contribution in [-0.2, 0) is 0 Å². The molecule has 0 saturated carbocycles. The fourth-order valence-electron chi connectivity index (χ4n) is 0.144. The number of alkyl halides is 6. The topological polar surface area (TPSA) is 0 Å². The van der Waals surface area contributed by atoms with Gasteiger partial charge in [0.25, 0.3) is 0 Å². The average molecular weight is 222 g/mol. The molecular weight excluding hydrogens is 219 g/mol. The fraction of sp³-hybridized carbons (Fsp3) is 1.00. The molecule has 0 radical (unpaired) electrons. The summed E-state index contributed by atoms with van der Waals surface area (Å²) in [6.07, 6.45) is 0. The Bertz CT molecular complexity index is 159. The van der Waals surface area contributed by atoms with Gasteiger partial charge in [-0.1, -0.05) is 0 Å². The molecule has 0 aromatic rings. The van der Waals surface area contributed by atoms with E-state index in [-0.39, 0.29) is 0 Å². The molecule has 0 saturated heterocycles. The Balaban J connectivity index is 5.29. The molecule has 0 amide bonds. The monoisotopic (exact) mass is 222 g/mol. The molecule has 0 aromatic carbocycles. The minimum absolute atomic E-state index is 1.08. The molecule has 12 heavy (non-hydrogen) atoms. The molecule has 0 bridgehead atoms. The van der Waals surface area contributed by atoms with Crippen LogP contribution in [-0.4, -0.2) is 18.5 Å². The molecule has 0 spiro atoms. The van der Waals surface area contributed by atoms with Gasteiger partial charge >= 0.3 is 60.5 Å². The average Bonchev–Trinajstić information content (AvgIpc) is 1.55. The second kappa shape index (κ2) is 2.21. The van der Waals surface area contributed by atoms with Crippen LogP contribution in [0, 0.1) is 0 Å². The molecule has 0 aliphatic carbocycles. The van der Waals surface area contributed by atoms with Gasteiger partial charge in [-0.05, 0) is 0 Å². The summed E-state index contributed by atoms with van der Waals surface area (Å²) in [5.41, 5.74) is 0. The Morgan fingerprint density at radius 1 is 0.750 bits per heavy atom. The standard InChI is InChI=1S/C3H3F8P/c1-12(10,11,2(4,5)6)3(7,8)9/h1H3. The first-order valence-electron chi connectivity index (χ1n) is 2.37. The van der Waals surface area contributed by atoms with Gasteiger partial charge in [0.1, 0.15) is 0 Å². The van der Waals surface area contributed by atoms with Gasteiger partial charge in [-0.3, -0.25) is 0 Å². The fourth-order valence-corrected chi connectivity index (χ4v) is 0.431. The normalized spacial score (nSPS) is 18.6. The summed E-state index contributed by atoms with van der Waals surface area (Å²) in [6, 6.07) is 0. The van der Waals surface area contributed by atoms with Crippen LogP contribution in [0.4, 0.5) is 34.7 Å². The first kappa shape index (κ1) is 11.9. The van der Waals surface area contributed by atoms with Crippen molar-refractivity contribution >= 4 is 7.22 Å². The molecule has 0 unspecified atom stereocenters. The molecule has 0 rings (SSSR count). The number of halogens is 8. The second-order valence-electron chi connectivity index (χ2n) is 2.23. The molecule has 0 aliphatic heterocycles. The summed E-state index contributed by atoms with van der Waals surface area (Å²) in [6.45, 7) is -1.08. The van der Waals surface area contributed by atoms with Crippen molar-refractivity contribution in [1.29, 1.82) is 0 Å². The van der Waals surface area contributed by atoms with Crippen molar-refractivity contribution in [1.82, 2.24) is 0 Å². The molecule has 0 fully saturated rings. The number of hydrogen-bond donors (Lipinski definition) is 0. The van der Waals surface area contributed by atoms with E-state index in [9.17, 15) is 34.7 Å². The molecular formula is C3H3F8P. The molecule has 0 atom stereocenters. The van der Waals surface area contributed by atoms with E-state index in [1.165, 1.54) is 0 Å². The predicted octanol–water partition coefficient (Wildman–Crippen LogP) is 3.98. The van der Waals surface area contributed by atoms with Crippen LogP contribution in [0.5, 0.6) is 0 Å². The third-order valence-corrected chi connectivity index (χ3v) is 3.43. The van der Waals surface area contributed by atoms with Gasteiger partial charge in [0.2, 0.25) is 0 Å². The molecule has 0 aliphatic rings. The number of hydrogen-bond acceptors (Lipinski definition) is 0. The summed E-state index contributed by atoms with van der Waals surface area (Å²) in [4.78, 5) is 0. The van der Waals surface area contributed by atoms with Crippen LogP contribution >= 0.6 is 7.22 Å². The Hall–Kier alpha value is -0.130. The van der Waals surface area contributed by atoms with E-state index >= 15 is 0 Å². The van der Waals surface area contributed by atoms with Gasteiger partial charge in [-0.2, -0.15) is 0 Å². The second-order valence-corrected chi connectivity index (χ2v) is 5.85. The first-order chi connectivity index (χ1) is 4.79. The summed E-state index contributed by atoms with van der Waals surface area (Å²) < 4.78 is 91.8. The Morgan fingerprint density at radius 2 is 0.917 bits per heavy atom. The Labute approximate surface area is 61.7 Å². The van der Waals surface area contributed by atoms with E-state index in [0.29, 0.717) is 0 Å². The van der Waals surface area contributed by atoms with Crippen molar-refractivity contribution in [2.75, 3.05) is 6.66 Å². The summed E-state index contributed by atoms with van der Waals surface area (Å²) in [5.74, 6) is -13.0. The molecule has 9 heteroatoms. The zero-order valence-corrected chi connectivity index (χ0v) is 6.37. The Morgan fingerprint density at radius 3 is 0.917 bits per heavy atom. The van der Waals surface area contributed by atoms with Crippen LogP contribution in [0.1, 0.15) is 0 Å². The van der Waals surface area contributed by atoms with E-state index in [1.54, 1.807) is 0 Å². The van der Waals surface area contributed by atoms with Crippen LogP contribution in [0.25, 0.3) is 0 Å². The van der Waals surface area contributed by atoms with Gasteiger partial charge in [0, 0.05) is 0 Å². The van der Waals surface area contributed by atoms with Crippen molar-refractivity contribution < 1.29 is 34.7 Å². The SMILES string of the molecule is CP(F)(F)(C(F)(F)F)C(F)(F)F. The summed E-state index contributed by atoms with van der Waals surface area (Å²) in [5, 5.41) is 0. The number of rotatable bonds is 0. The van der Waals surface area contributed by atoms with E-state index < -0.39 is 25.7 Å².